The van der Waals surface area contributed by atoms with E-state index in [-0.39, 0.29) is 17.7 Å². The molecular formula is C21H24BrNO3S. The Morgan fingerprint density at radius 3 is 2.74 bits per heavy atom. The van der Waals surface area contributed by atoms with Crippen LogP contribution in [0.15, 0.2) is 51.3 Å². The van der Waals surface area contributed by atoms with Crippen LogP contribution in [0.25, 0.3) is 0 Å². The molecule has 0 saturated heterocycles. The van der Waals surface area contributed by atoms with Gasteiger partial charge in [-0.2, -0.15) is 11.8 Å². The summed E-state index contributed by atoms with van der Waals surface area (Å²) in [4.78, 5) is 25.7. The molecule has 0 fully saturated rings. The van der Waals surface area contributed by atoms with E-state index in [9.17, 15) is 9.59 Å². The van der Waals surface area contributed by atoms with E-state index in [1.54, 1.807) is 11.8 Å². The molecule has 1 aromatic rings. The van der Waals surface area contributed by atoms with Gasteiger partial charge in [0.15, 0.2) is 5.78 Å². The zero-order valence-corrected chi connectivity index (χ0v) is 18.0. The normalized spacial score (nSPS) is 19.7. The molecule has 2 aliphatic rings. The maximum atomic E-state index is 12.9. The minimum atomic E-state index is -0.367. The van der Waals surface area contributed by atoms with Crippen molar-refractivity contribution in [1.82, 2.24) is 5.32 Å². The van der Waals surface area contributed by atoms with Crippen molar-refractivity contribution in [2.24, 2.45) is 0 Å². The Morgan fingerprint density at radius 2 is 2.04 bits per heavy atom. The highest BCUT2D eigenvalue weighted by Gasteiger charge is 2.38. The number of carbonyl (C=O) groups excluding carboxylic acids is 2. The first-order valence-corrected chi connectivity index (χ1v) is 11.2. The van der Waals surface area contributed by atoms with Crippen molar-refractivity contribution in [2.75, 3.05) is 18.1 Å². The Bertz CT molecular complexity index is 798. The SMILES string of the molecule is CCSCCOC(=O)C1=C(C)NC2=C(C(=O)CCC2)[C@@H]1c1ccc(Br)cc1. The molecular weight excluding hydrogens is 426 g/mol. The van der Waals surface area contributed by atoms with E-state index in [2.05, 4.69) is 28.2 Å². The summed E-state index contributed by atoms with van der Waals surface area (Å²) in [6.45, 7) is 4.35. The highest BCUT2D eigenvalue weighted by Crippen LogP contribution is 2.42. The number of ether oxygens (including phenoxy) is 1. The lowest BCUT2D eigenvalue weighted by Crippen LogP contribution is -2.34. The third kappa shape index (κ3) is 4.49. The number of hydrogen-bond acceptors (Lipinski definition) is 5. The molecule has 1 aliphatic heterocycles. The molecule has 1 aliphatic carbocycles. The van der Waals surface area contributed by atoms with E-state index >= 15 is 0 Å². The zero-order chi connectivity index (χ0) is 19.4. The molecule has 0 unspecified atom stereocenters. The van der Waals surface area contributed by atoms with E-state index in [1.807, 2.05) is 31.2 Å². The predicted molar refractivity (Wildman–Crippen MR) is 113 cm³/mol. The molecule has 4 nitrogen and oxygen atoms in total. The molecule has 144 valence electrons. The molecule has 0 aromatic heterocycles. The van der Waals surface area contributed by atoms with E-state index in [0.717, 1.165) is 51.4 Å². The van der Waals surface area contributed by atoms with Crippen LogP contribution < -0.4 is 5.32 Å². The fourth-order valence-corrected chi connectivity index (χ4v) is 4.41. The number of rotatable bonds is 6. The van der Waals surface area contributed by atoms with Crippen LogP contribution in [0.1, 0.15) is 44.6 Å². The predicted octanol–water partition coefficient (Wildman–Crippen LogP) is 4.71. The second-order valence-electron chi connectivity index (χ2n) is 6.65. The van der Waals surface area contributed by atoms with Crippen molar-refractivity contribution in [2.45, 2.75) is 39.0 Å². The van der Waals surface area contributed by atoms with Crippen molar-refractivity contribution in [1.29, 1.82) is 0 Å². The Hall–Kier alpha value is -1.53. The lowest BCUT2D eigenvalue weighted by atomic mass is 9.75. The number of thioether (sulfide) groups is 1. The topological polar surface area (TPSA) is 55.4 Å². The van der Waals surface area contributed by atoms with Gasteiger partial charge in [-0.15, -0.1) is 0 Å². The number of esters is 1. The monoisotopic (exact) mass is 449 g/mol. The number of dihydropyridines is 1. The van der Waals surface area contributed by atoms with Gasteiger partial charge in [-0.05, 0) is 43.2 Å². The van der Waals surface area contributed by atoms with Crippen LogP contribution in [0.5, 0.6) is 0 Å². The summed E-state index contributed by atoms with van der Waals surface area (Å²) in [7, 11) is 0. The first-order valence-electron chi connectivity index (χ1n) is 9.27. The lowest BCUT2D eigenvalue weighted by Gasteiger charge is -2.34. The van der Waals surface area contributed by atoms with Gasteiger partial charge < -0.3 is 10.1 Å². The quantitative estimate of drug-likeness (QED) is 0.503. The van der Waals surface area contributed by atoms with Crippen LogP contribution in [-0.2, 0) is 14.3 Å². The second-order valence-corrected chi connectivity index (χ2v) is 8.96. The molecule has 1 N–H and O–H groups in total. The Morgan fingerprint density at radius 1 is 1.30 bits per heavy atom. The third-order valence-electron chi connectivity index (χ3n) is 4.86. The Labute approximate surface area is 172 Å². The number of ketones is 1. The molecule has 0 spiro atoms. The third-order valence-corrected chi connectivity index (χ3v) is 6.26. The fraction of sp³-hybridized carbons (Fsp3) is 0.429. The van der Waals surface area contributed by atoms with Gasteiger partial charge in [0.1, 0.15) is 6.61 Å². The molecule has 0 radical (unpaired) electrons. The van der Waals surface area contributed by atoms with Gasteiger partial charge in [0.2, 0.25) is 0 Å². The van der Waals surface area contributed by atoms with Crippen LogP contribution in [0, 0.1) is 0 Å². The van der Waals surface area contributed by atoms with Crippen molar-refractivity contribution in [3.63, 3.8) is 0 Å². The molecule has 1 aromatic carbocycles. The molecule has 0 bridgehead atoms. The number of hydrogen-bond donors (Lipinski definition) is 1. The van der Waals surface area contributed by atoms with Crippen LogP contribution in [-0.4, -0.2) is 29.9 Å². The average molecular weight is 450 g/mol. The molecule has 3 rings (SSSR count). The minimum absolute atomic E-state index is 0.121. The zero-order valence-electron chi connectivity index (χ0n) is 15.6. The van der Waals surface area contributed by atoms with E-state index in [1.165, 1.54) is 0 Å². The molecule has 0 saturated carbocycles. The van der Waals surface area contributed by atoms with Crippen LogP contribution in [0.4, 0.5) is 0 Å². The summed E-state index contributed by atoms with van der Waals surface area (Å²) < 4.78 is 6.51. The van der Waals surface area contributed by atoms with Gasteiger partial charge in [0.25, 0.3) is 0 Å². The molecule has 0 amide bonds. The van der Waals surface area contributed by atoms with Crippen molar-refractivity contribution in [3.8, 4) is 0 Å². The van der Waals surface area contributed by atoms with Crippen molar-refractivity contribution in [3.05, 3.63) is 56.8 Å². The molecule has 1 heterocycles. The van der Waals surface area contributed by atoms with Crippen molar-refractivity contribution < 1.29 is 14.3 Å². The first kappa shape index (κ1) is 20.2. The number of halogens is 1. The molecule has 6 heteroatoms. The second kappa shape index (κ2) is 9.11. The number of Topliss-reactive ketones (excluding diaryl/α,β-unsaturated/α-hetero) is 1. The van der Waals surface area contributed by atoms with Gasteiger partial charge in [-0.3, -0.25) is 4.79 Å². The minimum Gasteiger partial charge on any atom is -0.461 e. The number of benzene rings is 1. The molecule has 27 heavy (non-hydrogen) atoms. The Balaban J connectivity index is 1.97. The van der Waals surface area contributed by atoms with Crippen LogP contribution in [0.2, 0.25) is 0 Å². The van der Waals surface area contributed by atoms with Gasteiger partial charge in [-0.25, -0.2) is 4.79 Å². The fourth-order valence-electron chi connectivity index (χ4n) is 3.66. The summed E-state index contributed by atoms with van der Waals surface area (Å²) in [6.07, 6.45) is 2.21. The number of carbonyl (C=O) groups is 2. The summed E-state index contributed by atoms with van der Waals surface area (Å²) in [5.41, 5.74) is 3.95. The van der Waals surface area contributed by atoms with E-state index in [4.69, 9.17) is 4.74 Å². The largest absolute Gasteiger partial charge is 0.461 e. The van der Waals surface area contributed by atoms with Crippen LogP contribution in [0.3, 0.4) is 0 Å². The van der Waals surface area contributed by atoms with Gasteiger partial charge in [0, 0.05) is 39.5 Å². The highest BCUT2D eigenvalue weighted by atomic mass is 79.9. The summed E-state index contributed by atoms with van der Waals surface area (Å²) in [5, 5.41) is 3.32. The van der Waals surface area contributed by atoms with E-state index < -0.39 is 0 Å². The van der Waals surface area contributed by atoms with Crippen LogP contribution >= 0.6 is 27.7 Å². The van der Waals surface area contributed by atoms with Gasteiger partial charge in [0.05, 0.1) is 5.57 Å². The number of nitrogens with one attached hydrogen (secondary N) is 1. The standard InChI is InChI=1S/C21H24BrNO3S/c1-3-27-12-11-26-21(25)18-13(2)23-16-5-4-6-17(24)20(16)19(18)14-7-9-15(22)10-8-14/h7-10,19,23H,3-6,11-12H2,1-2H3/t19-/m1/s1. The van der Waals surface area contributed by atoms with E-state index in [0.29, 0.717) is 18.6 Å². The maximum absolute atomic E-state index is 12.9. The summed E-state index contributed by atoms with van der Waals surface area (Å²) in [5.74, 6) is 1.18. The van der Waals surface area contributed by atoms with Gasteiger partial charge >= 0.3 is 5.97 Å². The smallest absolute Gasteiger partial charge is 0.336 e. The number of allylic oxidation sites excluding steroid dienone is 3. The first-order chi connectivity index (χ1) is 13.0. The van der Waals surface area contributed by atoms with Crippen molar-refractivity contribution >= 4 is 39.4 Å². The lowest BCUT2D eigenvalue weighted by molar-refractivity contribution is -0.138. The van der Waals surface area contributed by atoms with Gasteiger partial charge in [-0.1, -0.05) is 35.0 Å². The Kier molecular flexibility index (Phi) is 6.82. The summed E-state index contributed by atoms with van der Waals surface area (Å²) >= 11 is 5.20. The molecule has 1 atom stereocenters. The average Bonchev–Trinajstić information content (AvgIpc) is 2.65. The maximum Gasteiger partial charge on any atom is 0.336 e. The summed E-state index contributed by atoms with van der Waals surface area (Å²) in [6, 6.07) is 7.84. The highest BCUT2D eigenvalue weighted by molar-refractivity contribution is 9.10.